The monoisotopic (exact) mass is 327 g/mol. The standard InChI is InChI=1S/C19H25N3O2/c1-15-12-16(2)22(21-15)13-18(23)20-14-19(8-10-24-11-9-19)17-6-4-3-5-7-17/h3-7,12H,8-11,13-14H2,1-2H3,(H,20,23). The highest BCUT2D eigenvalue weighted by atomic mass is 16.5. The lowest BCUT2D eigenvalue weighted by atomic mass is 9.74. The number of benzene rings is 1. The average Bonchev–Trinajstić information content (AvgIpc) is 2.92. The van der Waals surface area contributed by atoms with Crippen molar-refractivity contribution in [2.45, 2.75) is 38.6 Å². The van der Waals surface area contributed by atoms with Crippen molar-refractivity contribution >= 4 is 5.91 Å². The third-order valence-corrected chi connectivity index (χ3v) is 4.86. The maximum Gasteiger partial charge on any atom is 0.241 e. The zero-order chi connectivity index (χ0) is 17.0. The Morgan fingerprint density at radius 1 is 1.25 bits per heavy atom. The highest BCUT2D eigenvalue weighted by Crippen LogP contribution is 2.34. The van der Waals surface area contributed by atoms with Crippen molar-refractivity contribution < 1.29 is 9.53 Å². The van der Waals surface area contributed by atoms with E-state index in [2.05, 4.69) is 34.7 Å². The van der Waals surface area contributed by atoms with Crippen molar-refractivity contribution in [3.63, 3.8) is 0 Å². The van der Waals surface area contributed by atoms with Crippen LogP contribution >= 0.6 is 0 Å². The van der Waals surface area contributed by atoms with Crippen molar-refractivity contribution in [3.05, 3.63) is 53.3 Å². The van der Waals surface area contributed by atoms with E-state index in [0.29, 0.717) is 6.54 Å². The number of carbonyl (C=O) groups excluding carboxylic acids is 1. The van der Waals surface area contributed by atoms with E-state index in [1.807, 2.05) is 26.0 Å². The fraction of sp³-hybridized carbons (Fsp3) is 0.474. The molecule has 0 aliphatic carbocycles. The van der Waals surface area contributed by atoms with Crippen LogP contribution in [0.25, 0.3) is 0 Å². The van der Waals surface area contributed by atoms with Gasteiger partial charge in [-0.15, -0.1) is 0 Å². The van der Waals surface area contributed by atoms with Gasteiger partial charge in [0.15, 0.2) is 0 Å². The van der Waals surface area contributed by atoms with Gasteiger partial charge in [-0.05, 0) is 38.3 Å². The first-order chi connectivity index (χ1) is 11.6. The number of nitrogens with zero attached hydrogens (tertiary/aromatic N) is 2. The predicted molar refractivity (Wildman–Crippen MR) is 92.9 cm³/mol. The summed E-state index contributed by atoms with van der Waals surface area (Å²) in [6.07, 6.45) is 1.86. The van der Waals surface area contributed by atoms with Crippen LogP contribution in [0.4, 0.5) is 0 Å². The van der Waals surface area contributed by atoms with Crippen molar-refractivity contribution in [2.75, 3.05) is 19.8 Å². The Hall–Kier alpha value is -2.14. The van der Waals surface area contributed by atoms with Gasteiger partial charge in [-0.3, -0.25) is 9.48 Å². The lowest BCUT2D eigenvalue weighted by Crippen LogP contribution is -2.45. The minimum absolute atomic E-state index is 0.00278. The van der Waals surface area contributed by atoms with Gasteiger partial charge in [0.25, 0.3) is 0 Å². The van der Waals surface area contributed by atoms with E-state index in [1.54, 1.807) is 4.68 Å². The van der Waals surface area contributed by atoms with Crippen LogP contribution in [-0.4, -0.2) is 35.4 Å². The van der Waals surface area contributed by atoms with Crippen molar-refractivity contribution in [2.24, 2.45) is 0 Å². The quantitative estimate of drug-likeness (QED) is 0.917. The van der Waals surface area contributed by atoms with Crippen molar-refractivity contribution in [1.82, 2.24) is 15.1 Å². The molecule has 24 heavy (non-hydrogen) atoms. The van der Waals surface area contributed by atoms with Gasteiger partial charge in [-0.1, -0.05) is 30.3 Å². The normalized spacial score (nSPS) is 16.8. The lowest BCUT2D eigenvalue weighted by molar-refractivity contribution is -0.122. The van der Waals surface area contributed by atoms with Crippen LogP contribution in [0.3, 0.4) is 0 Å². The number of hydrogen-bond acceptors (Lipinski definition) is 3. The Morgan fingerprint density at radius 2 is 1.96 bits per heavy atom. The second kappa shape index (κ2) is 7.18. The summed E-state index contributed by atoms with van der Waals surface area (Å²) in [5.41, 5.74) is 3.18. The molecule has 1 aromatic carbocycles. The van der Waals surface area contributed by atoms with Crippen LogP contribution in [0.5, 0.6) is 0 Å². The number of carbonyl (C=O) groups is 1. The van der Waals surface area contributed by atoms with Crippen LogP contribution < -0.4 is 5.32 Å². The Labute approximate surface area is 143 Å². The zero-order valence-corrected chi connectivity index (χ0v) is 14.4. The summed E-state index contributed by atoms with van der Waals surface area (Å²) in [6, 6.07) is 12.4. The first kappa shape index (κ1) is 16.7. The maximum atomic E-state index is 12.4. The first-order valence-electron chi connectivity index (χ1n) is 8.50. The number of ether oxygens (including phenoxy) is 1. The van der Waals surface area contributed by atoms with Crippen LogP contribution in [0.2, 0.25) is 0 Å². The summed E-state index contributed by atoms with van der Waals surface area (Å²) in [4.78, 5) is 12.4. The summed E-state index contributed by atoms with van der Waals surface area (Å²) >= 11 is 0. The molecule has 1 fully saturated rings. The third-order valence-electron chi connectivity index (χ3n) is 4.86. The van der Waals surface area contributed by atoms with E-state index >= 15 is 0 Å². The van der Waals surface area contributed by atoms with E-state index in [1.165, 1.54) is 5.56 Å². The predicted octanol–water partition coefficient (Wildman–Crippen LogP) is 2.36. The van der Waals surface area contributed by atoms with E-state index in [4.69, 9.17) is 4.74 Å². The van der Waals surface area contributed by atoms with Crippen LogP contribution in [0, 0.1) is 13.8 Å². The molecule has 1 aliphatic rings. The van der Waals surface area contributed by atoms with E-state index in [-0.39, 0.29) is 17.9 Å². The molecular formula is C19H25N3O2. The molecule has 1 amide bonds. The molecule has 0 radical (unpaired) electrons. The smallest absolute Gasteiger partial charge is 0.241 e. The van der Waals surface area contributed by atoms with E-state index in [9.17, 15) is 4.79 Å². The number of aryl methyl sites for hydroxylation is 2. The largest absolute Gasteiger partial charge is 0.381 e. The molecule has 2 aromatic rings. The van der Waals surface area contributed by atoms with Gasteiger partial charge in [0, 0.05) is 30.9 Å². The van der Waals surface area contributed by atoms with Gasteiger partial charge in [-0.25, -0.2) is 0 Å². The second-order valence-corrected chi connectivity index (χ2v) is 6.62. The summed E-state index contributed by atoms with van der Waals surface area (Å²) in [5.74, 6) is 0.00278. The molecule has 1 N–H and O–H groups in total. The van der Waals surface area contributed by atoms with Crippen molar-refractivity contribution in [1.29, 1.82) is 0 Å². The molecule has 1 aromatic heterocycles. The van der Waals surface area contributed by atoms with Gasteiger partial charge in [0.1, 0.15) is 6.54 Å². The van der Waals surface area contributed by atoms with Crippen LogP contribution in [0.1, 0.15) is 29.8 Å². The van der Waals surface area contributed by atoms with Crippen molar-refractivity contribution in [3.8, 4) is 0 Å². The zero-order valence-electron chi connectivity index (χ0n) is 14.4. The molecule has 0 atom stereocenters. The highest BCUT2D eigenvalue weighted by Gasteiger charge is 2.34. The molecule has 5 nitrogen and oxygen atoms in total. The topological polar surface area (TPSA) is 56.2 Å². The van der Waals surface area contributed by atoms with E-state index < -0.39 is 0 Å². The SMILES string of the molecule is Cc1cc(C)n(CC(=O)NCC2(c3ccccc3)CCOCC2)n1. The number of rotatable bonds is 5. The van der Waals surface area contributed by atoms with Gasteiger partial charge >= 0.3 is 0 Å². The Morgan fingerprint density at radius 3 is 2.58 bits per heavy atom. The molecule has 5 heteroatoms. The summed E-state index contributed by atoms with van der Waals surface area (Å²) < 4.78 is 7.29. The highest BCUT2D eigenvalue weighted by molar-refractivity contribution is 5.75. The molecule has 0 bridgehead atoms. The van der Waals surface area contributed by atoms with Crippen LogP contribution in [0.15, 0.2) is 36.4 Å². The molecule has 0 saturated carbocycles. The Kier molecular flexibility index (Phi) is 5.00. The molecule has 0 unspecified atom stereocenters. The van der Waals surface area contributed by atoms with Gasteiger partial charge in [-0.2, -0.15) is 5.10 Å². The fourth-order valence-corrected chi connectivity index (χ4v) is 3.42. The van der Waals surface area contributed by atoms with Gasteiger partial charge in [0.2, 0.25) is 5.91 Å². The van der Waals surface area contributed by atoms with Crippen LogP contribution in [-0.2, 0) is 21.5 Å². The van der Waals surface area contributed by atoms with Gasteiger partial charge in [0.05, 0.1) is 5.69 Å². The van der Waals surface area contributed by atoms with E-state index in [0.717, 1.165) is 37.4 Å². The first-order valence-corrected chi connectivity index (χ1v) is 8.50. The fourth-order valence-electron chi connectivity index (χ4n) is 3.42. The molecular weight excluding hydrogens is 302 g/mol. The Balaban J connectivity index is 1.67. The lowest BCUT2D eigenvalue weighted by Gasteiger charge is -2.38. The molecule has 1 saturated heterocycles. The molecule has 1 aliphatic heterocycles. The number of hydrogen-bond donors (Lipinski definition) is 1. The number of amides is 1. The summed E-state index contributed by atoms with van der Waals surface area (Å²) in [7, 11) is 0. The third kappa shape index (κ3) is 3.67. The summed E-state index contributed by atoms with van der Waals surface area (Å²) in [5, 5.41) is 7.48. The van der Waals surface area contributed by atoms with Gasteiger partial charge < -0.3 is 10.1 Å². The average molecular weight is 327 g/mol. The molecule has 0 spiro atoms. The second-order valence-electron chi connectivity index (χ2n) is 6.62. The molecule has 2 heterocycles. The summed E-state index contributed by atoms with van der Waals surface area (Å²) in [6.45, 7) is 6.29. The number of aromatic nitrogens is 2. The minimum Gasteiger partial charge on any atom is -0.381 e. The maximum absolute atomic E-state index is 12.4. The molecule has 3 rings (SSSR count). The minimum atomic E-state index is -0.0375. The Bertz CT molecular complexity index is 688. The molecule has 128 valence electrons. The number of nitrogens with one attached hydrogen (secondary N) is 1.